The van der Waals surface area contributed by atoms with E-state index in [1.807, 2.05) is 24.3 Å². The molecule has 2 aromatic carbocycles. The van der Waals surface area contributed by atoms with E-state index in [1.54, 1.807) is 14.2 Å². The molecule has 1 N–H and O–H groups in total. The van der Waals surface area contributed by atoms with Crippen LogP contribution in [-0.4, -0.2) is 43.9 Å². The van der Waals surface area contributed by atoms with Crippen molar-refractivity contribution in [3.05, 3.63) is 59.7 Å². The molecule has 4 heteroatoms. The van der Waals surface area contributed by atoms with Gasteiger partial charge < -0.3 is 14.6 Å². The Labute approximate surface area is 143 Å². The molecule has 1 fully saturated rings. The third kappa shape index (κ3) is 3.55. The molecule has 1 heterocycles. The SMILES string of the molecule is COc1ccc(OC)c([C@H]2CN(Cc3ccccc3)C[C@@H]2CO)c1. The van der Waals surface area contributed by atoms with Gasteiger partial charge in [-0.25, -0.2) is 0 Å². The van der Waals surface area contributed by atoms with E-state index in [1.165, 1.54) is 5.56 Å². The molecule has 128 valence electrons. The summed E-state index contributed by atoms with van der Waals surface area (Å²) in [5.41, 5.74) is 2.42. The molecule has 1 aliphatic rings. The molecule has 0 aliphatic carbocycles. The number of hydrogen-bond donors (Lipinski definition) is 1. The third-order valence-electron chi connectivity index (χ3n) is 4.84. The van der Waals surface area contributed by atoms with E-state index in [2.05, 4.69) is 29.2 Å². The van der Waals surface area contributed by atoms with Crippen LogP contribution in [0.4, 0.5) is 0 Å². The van der Waals surface area contributed by atoms with E-state index < -0.39 is 0 Å². The van der Waals surface area contributed by atoms with Gasteiger partial charge in [0.15, 0.2) is 0 Å². The summed E-state index contributed by atoms with van der Waals surface area (Å²) in [6.45, 7) is 2.87. The zero-order valence-electron chi connectivity index (χ0n) is 14.3. The van der Waals surface area contributed by atoms with Crippen molar-refractivity contribution in [3.8, 4) is 11.5 Å². The summed E-state index contributed by atoms with van der Waals surface area (Å²) < 4.78 is 10.9. The largest absolute Gasteiger partial charge is 0.497 e. The van der Waals surface area contributed by atoms with Gasteiger partial charge in [0.25, 0.3) is 0 Å². The number of methoxy groups -OCH3 is 2. The smallest absolute Gasteiger partial charge is 0.122 e. The number of nitrogens with zero attached hydrogens (tertiary/aromatic N) is 1. The normalized spacial score (nSPS) is 21.0. The van der Waals surface area contributed by atoms with Crippen LogP contribution in [-0.2, 0) is 6.54 Å². The molecule has 0 aromatic heterocycles. The summed E-state index contributed by atoms with van der Waals surface area (Å²) in [6.07, 6.45) is 0. The Hall–Kier alpha value is -2.04. The van der Waals surface area contributed by atoms with Gasteiger partial charge >= 0.3 is 0 Å². The van der Waals surface area contributed by atoms with Crippen LogP contribution in [0.2, 0.25) is 0 Å². The minimum Gasteiger partial charge on any atom is -0.497 e. The van der Waals surface area contributed by atoms with Crippen molar-refractivity contribution < 1.29 is 14.6 Å². The second kappa shape index (κ2) is 7.69. The van der Waals surface area contributed by atoms with Gasteiger partial charge in [-0.05, 0) is 23.8 Å². The van der Waals surface area contributed by atoms with Crippen LogP contribution in [0.3, 0.4) is 0 Å². The first-order valence-electron chi connectivity index (χ1n) is 8.34. The van der Waals surface area contributed by atoms with Crippen LogP contribution >= 0.6 is 0 Å². The highest BCUT2D eigenvalue weighted by molar-refractivity contribution is 5.43. The van der Waals surface area contributed by atoms with E-state index in [-0.39, 0.29) is 18.4 Å². The lowest BCUT2D eigenvalue weighted by Gasteiger charge is -2.20. The maximum atomic E-state index is 9.87. The fourth-order valence-corrected chi connectivity index (χ4v) is 3.60. The summed E-state index contributed by atoms with van der Waals surface area (Å²) in [4.78, 5) is 2.40. The number of hydrogen-bond acceptors (Lipinski definition) is 4. The zero-order chi connectivity index (χ0) is 16.9. The van der Waals surface area contributed by atoms with Crippen molar-refractivity contribution in [2.45, 2.75) is 12.5 Å². The van der Waals surface area contributed by atoms with Crippen LogP contribution in [0.5, 0.6) is 11.5 Å². The Morgan fingerprint density at radius 2 is 1.83 bits per heavy atom. The molecule has 0 amide bonds. The number of benzene rings is 2. The summed E-state index contributed by atoms with van der Waals surface area (Å²) in [6, 6.07) is 16.4. The van der Waals surface area contributed by atoms with Gasteiger partial charge in [-0.2, -0.15) is 0 Å². The van der Waals surface area contributed by atoms with E-state index in [4.69, 9.17) is 9.47 Å². The van der Waals surface area contributed by atoms with E-state index in [9.17, 15) is 5.11 Å². The van der Waals surface area contributed by atoms with Crippen LogP contribution in [0.25, 0.3) is 0 Å². The van der Waals surface area contributed by atoms with E-state index in [0.717, 1.165) is 36.7 Å². The Morgan fingerprint density at radius 3 is 2.50 bits per heavy atom. The number of ether oxygens (including phenoxy) is 2. The standard InChI is InChI=1S/C20H25NO3/c1-23-17-8-9-20(24-2)18(10-17)19-13-21(12-16(19)14-22)11-15-6-4-3-5-7-15/h3-10,16,19,22H,11-14H2,1-2H3/t16-,19+/m1/s1. The number of likely N-dealkylation sites (tertiary alicyclic amines) is 1. The summed E-state index contributed by atoms with van der Waals surface area (Å²) in [7, 11) is 3.36. The maximum absolute atomic E-state index is 9.87. The Morgan fingerprint density at radius 1 is 1.04 bits per heavy atom. The zero-order valence-corrected chi connectivity index (χ0v) is 14.3. The highest BCUT2D eigenvalue weighted by Gasteiger charge is 2.35. The van der Waals surface area contributed by atoms with Crippen molar-refractivity contribution in [2.75, 3.05) is 33.9 Å². The topological polar surface area (TPSA) is 41.9 Å². The molecule has 0 bridgehead atoms. The minimum absolute atomic E-state index is 0.177. The summed E-state index contributed by atoms with van der Waals surface area (Å²) in [5, 5.41) is 9.87. The van der Waals surface area contributed by atoms with Gasteiger partial charge in [-0.15, -0.1) is 0 Å². The monoisotopic (exact) mass is 327 g/mol. The Bertz CT molecular complexity index is 659. The lowest BCUT2D eigenvalue weighted by Crippen LogP contribution is -2.20. The second-order valence-corrected chi connectivity index (χ2v) is 6.34. The molecular formula is C20H25NO3. The number of aliphatic hydroxyl groups is 1. The summed E-state index contributed by atoms with van der Waals surface area (Å²) in [5.74, 6) is 2.13. The molecule has 0 unspecified atom stereocenters. The van der Waals surface area contributed by atoms with Crippen molar-refractivity contribution >= 4 is 0 Å². The van der Waals surface area contributed by atoms with Gasteiger partial charge in [0.05, 0.1) is 14.2 Å². The van der Waals surface area contributed by atoms with Gasteiger partial charge in [-0.3, -0.25) is 4.90 Å². The molecule has 2 aromatic rings. The van der Waals surface area contributed by atoms with Crippen molar-refractivity contribution in [1.82, 2.24) is 4.90 Å². The van der Waals surface area contributed by atoms with Gasteiger partial charge in [0, 0.05) is 43.6 Å². The average molecular weight is 327 g/mol. The van der Waals surface area contributed by atoms with Crippen molar-refractivity contribution in [1.29, 1.82) is 0 Å². The first-order valence-corrected chi connectivity index (χ1v) is 8.34. The van der Waals surface area contributed by atoms with Crippen molar-refractivity contribution in [3.63, 3.8) is 0 Å². The molecule has 0 saturated carbocycles. The van der Waals surface area contributed by atoms with Gasteiger partial charge in [0.2, 0.25) is 0 Å². The molecule has 24 heavy (non-hydrogen) atoms. The molecule has 1 aliphatic heterocycles. The lowest BCUT2D eigenvalue weighted by atomic mass is 9.88. The van der Waals surface area contributed by atoms with E-state index in [0.29, 0.717) is 0 Å². The molecule has 2 atom stereocenters. The van der Waals surface area contributed by atoms with E-state index >= 15 is 0 Å². The Balaban J connectivity index is 1.82. The minimum atomic E-state index is 0.177. The van der Waals surface area contributed by atoms with Crippen LogP contribution in [0.15, 0.2) is 48.5 Å². The predicted octanol–water partition coefficient (Wildman–Crippen LogP) is 2.91. The lowest BCUT2D eigenvalue weighted by molar-refractivity contribution is 0.213. The van der Waals surface area contributed by atoms with Gasteiger partial charge in [0.1, 0.15) is 11.5 Å². The summed E-state index contributed by atoms with van der Waals surface area (Å²) >= 11 is 0. The van der Waals surface area contributed by atoms with Crippen LogP contribution in [0.1, 0.15) is 17.0 Å². The number of aliphatic hydroxyl groups excluding tert-OH is 1. The molecular weight excluding hydrogens is 302 g/mol. The second-order valence-electron chi connectivity index (χ2n) is 6.34. The first-order chi connectivity index (χ1) is 11.7. The molecule has 4 nitrogen and oxygen atoms in total. The predicted molar refractivity (Wildman–Crippen MR) is 94.6 cm³/mol. The van der Waals surface area contributed by atoms with Crippen molar-refractivity contribution in [2.24, 2.45) is 5.92 Å². The fourth-order valence-electron chi connectivity index (χ4n) is 3.60. The molecule has 0 radical (unpaired) electrons. The van der Waals surface area contributed by atoms with Gasteiger partial charge in [-0.1, -0.05) is 30.3 Å². The highest BCUT2D eigenvalue weighted by atomic mass is 16.5. The fraction of sp³-hybridized carbons (Fsp3) is 0.400. The molecule has 0 spiro atoms. The first kappa shape index (κ1) is 16.8. The Kier molecular flexibility index (Phi) is 5.38. The quantitative estimate of drug-likeness (QED) is 0.886. The average Bonchev–Trinajstić information content (AvgIpc) is 3.04. The molecule has 3 rings (SSSR count). The number of rotatable bonds is 6. The van der Waals surface area contributed by atoms with Crippen LogP contribution < -0.4 is 9.47 Å². The molecule has 1 saturated heterocycles. The third-order valence-corrected chi connectivity index (χ3v) is 4.84. The van der Waals surface area contributed by atoms with Crippen LogP contribution in [0, 0.1) is 5.92 Å². The highest BCUT2D eigenvalue weighted by Crippen LogP contribution is 2.39. The maximum Gasteiger partial charge on any atom is 0.122 e.